The van der Waals surface area contributed by atoms with E-state index < -0.39 is 11.4 Å². The van der Waals surface area contributed by atoms with Crippen molar-refractivity contribution in [1.29, 1.82) is 0 Å². The number of ether oxygens (including phenoxy) is 1. The molecule has 0 bridgehead atoms. The molecule has 0 aromatic heterocycles. The molecule has 1 amide bonds. The summed E-state index contributed by atoms with van der Waals surface area (Å²) in [6.07, 6.45) is 0.306. The summed E-state index contributed by atoms with van der Waals surface area (Å²) in [4.78, 5) is 14.0. The van der Waals surface area contributed by atoms with Crippen LogP contribution in [0.2, 0.25) is 0 Å². The van der Waals surface area contributed by atoms with Crippen LogP contribution >= 0.6 is 0 Å². The van der Waals surface area contributed by atoms with Crippen LogP contribution in [0, 0.1) is 0 Å². The molecule has 1 fully saturated rings. The average molecular weight is 213 g/mol. The van der Waals surface area contributed by atoms with Crippen molar-refractivity contribution in [2.75, 3.05) is 19.7 Å². The molecule has 1 heterocycles. The fourth-order valence-electron chi connectivity index (χ4n) is 1.76. The number of hydrogen-bond donors (Lipinski definition) is 2. The van der Waals surface area contributed by atoms with Crippen molar-refractivity contribution in [2.24, 2.45) is 10.8 Å². The third-order valence-electron chi connectivity index (χ3n) is 2.71. The van der Waals surface area contributed by atoms with Gasteiger partial charge in [-0.2, -0.15) is 0 Å². The Hall–Kier alpha value is -1.30. The van der Waals surface area contributed by atoms with Gasteiger partial charge in [-0.1, -0.05) is 5.11 Å². The maximum absolute atomic E-state index is 11.4. The highest BCUT2D eigenvalue weighted by atomic mass is 16.5. The number of nitrogens with zero attached hydrogens (tertiary/aromatic N) is 3. The monoisotopic (exact) mass is 213 g/mol. The van der Waals surface area contributed by atoms with Gasteiger partial charge in [0.05, 0.1) is 6.10 Å². The summed E-state index contributed by atoms with van der Waals surface area (Å²) in [5.74, 6) is -0.423. The lowest BCUT2D eigenvalue weighted by atomic mass is 9.91. The van der Waals surface area contributed by atoms with Gasteiger partial charge in [0, 0.05) is 31.0 Å². The maximum atomic E-state index is 11.4. The Kier molecular flexibility index (Phi) is 3.90. The summed E-state index contributed by atoms with van der Waals surface area (Å²) in [5, 5.41) is 6.39. The fourth-order valence-corrected chi connectivity index (χ4v) is 1.76. The predicted octanol–water partition coefficient (Wildman–Crippen LogP) is -0.0808. The highest BCUT2D eigenvalue weighted by molar-refractivity contribution is 5.85. The smallest absolute Gasteiger partial charge is 0.240 e. The molecule has 2 unspecified atom stereocenters. The molecule has 0 aliphatic carbocycles. The van der Waals surface area contributed by atoms with E-state index in [2.05, 4.69) is 15.3 Å². The van der Waals surface area contributed by atoms with Gasteiger partial charge >= 0.3 is 0 Å². The molecule has 1 saturated heterocycles. The van der Waals surface area contributed by atoms with E-state index in [1.807, 2.05) is 0 Å². The van der Waals surface area contributed by atoms with E-state index in [4.69, 9.17) is 16.0 Å². The van der Waals surface area contributed by atoms with Gasteiger partial charge in [-0.05, 0) is 12.5 Å². The Morgan fingerprint density at radius 2 is 2.60 bits per heavy atom. The Morgan fingerprint density at radius 3 is 3.07 bits per heavy atom. The number of amides is 1. The lowest BCUT2D eigenvalue weighted by Gasteiger charge is -2.29. The summed E-state index contributed by atoms with van der Waals surface area (Å²) in [6, 6.07) is 0. The van der Waals surface area contributed by atoms with Gasteiger partial charge in [0.1, 0.15) is 5.54 Å². The van der Waals surface area contributed by atoms with E-state index in [9.17, 15) is 4.79 Å². The van der Waals surface area contributed by atoms with Crippen LogP contribution in [0.15, 0.2) is 5.11 Å². The first-order chi connectivity index (χ1) is 7.13. The van der Waals surface area contributed by atoms with E-state index >= 15 is 0 Å². The number of primary amides is 1. The molecule has 7 nitrogen and oxygen atoms in total. The minimum Gasteiger partial charge on any atom is -0.376 e. The van der Waals surface area contributed by atoms with Gasteiger partial charge in [-0.25, -0.2) is 0 Å². The zero-order chi connectivity index (χ0) is 11.3. The largest absolute Gasteiger partial charge is 0.376 e. The Balaban J connectivity index is 2.58. The number of rotatable bonds is 5. The highest BCUT2D eigenvalue weighted by Gasteiger charge is 2.46. The second-order valence-electron chi connectivity index (χ2n) is 3.48. The standard InChI is InChI=1S/C8H15N5O2/c1-6-8(7(9)14,2-5-15-6)11-3-4-12-13-10/h6,11H,2-5H2,1H3,(H2,9,14). The molecule has 3 N–H and O–H groups in total. The van der Waals surface area contributed by atoms with E-state index in [1.54, 1.807) is 6.92 Å². The van der Waals surface area contributed by atoms with Gasteiger partial charge in [-0.3, -0.25) is 4.79 Å². The van der Waals surface area contributed by atoms with Crippen LogP contribution in [0.4, 0.5) is 0 Å². The molecule has 1 aliphatic rings. The van der Waals surface area contributed by atoms with E-state index in [0.29, 0.717) is 19.6 Å². The Bertz CT molecular complexity index is 289. The summed E-state index contributed by atoms with van der Waals surface area (Å²) in [7, 11) is 0. The topological polar surface area (TPSA) is 113 Å². The predicted molar refractivity (Wildman–Crippen MR) is 54.0 cm³/mol. The van der Waals surface area contributed by atoms with Crippen molar-refractivity contribution in [3.05, 3.63) is 10.4 Å². The molecule has 84 valence electrons. The molecule has 0 aromatic carbocycles. The summed E-state index contributed by atoms with van der Waals surface area (Å²) in [6.45, 7) is 3.02. The number of nitrogens with two attached hydrogens (primary N) is 1. The molecule has 7 heteroatoms. The van der Waals surface area contributed by atoms with Gasteiger partial charge in [-0.15, -0.1) is 0 Å². The lowest BCUT2D eigenvalue weighted by Crippen LogP contribution is -2.60. The quantitative estimate of drug-likeness (QED) is 0.288. The van der Waals surface area contributed by atoms with Crippen molar-refractivity contribution in [3.63, 3.8) is 0 Å². The first-order valence-electron chi connectivity index (χ1n) is 4.81. The summed E-state index contributed by atoms with van der Waals surface area (Å²) in [5.41, 5.74) is 12.6. The normalized spacial score (nSPS) is 29.8. The zero-order valence-electron chi connectivity index (χ0n) is 8.64. The molecule has 0 aromatic rings. The second-order valence-corrected chi connectivity index (χ2v) is 3.48. The van der Waals surface area contributed by atoms with Crippen molar-refractivity contribution >= 4 is 5.91 Å². The number of carbonyl (C=O) groups excluding carboxylic acids is 1. The minimum absolute atomic E-state index is 0.249. The fraction of sp³-hybridized carbons (Fsp3) is 0.875. The number of carbonyl (C=O) groups is 1. The molecule has 1 aliphatic heterocycles. The maximum Gasteiger partial charge on any atom is 0.240 e. The number of hydrogen-bond acceptors (Lipinski definition) is 4. The van der Waals surface area contributed by atoms with Crippen molar-refractivity contribution in [1.82, 2.24) is 5.32 Å². The Morgan fingerprint density at radius 1 is 1.87 bits per heavy atom. The van der Waals surface area contributed by atoms with Crippen LogP contribution in [0.3, 0.4) is 0 Å². The third kappa shape index (κ3) is 2.38. The summed E-state index contributed by atoms with van der Waals surface area (Å²) < 4.78 is 5.32. The van der Waals surface area contributed by atoms with Gasteiger partial charge in [0.15, 0.2) is 0 Å². The van der Waals surface area contributed by atoms with Crippen molar-refractivity contribution in [2.45, 2.75) is 25.0 Å². The van der Waals surface area contributed by atoms with Crippen LogP contribution in [-0.2, 0) is 9.53 Å². The molecule has 15 heavy (non-hydrogen) atoms. The summed E-state index contributed by atoms with van der Waals surface area (Å²) >= 11 is 0. The van der Waals surface area contributed by atoms with E-state index in [0.717, 1.165) is 0 Å². The lowest BCUT2D eigenvalue weighted by molar-refractivity contribution is -0.126. The highest BCUT2D eigenvalue weighted by Crippen LogP contribution is 2.25. The third-order valence-corrected chi connectivity index (χ3v) is 2.71. The average Bonchev–Trinajstić information content (AvgIpc) is 2.56. The number of azide groups is 1. The first kappa shape index (κ1) is 11.8. The number of nitrogens with one attached hydrogen (secondary N) is 1. The van der Waals surface area contributed by atoms with Crippen molar-refractivity contribution < 1.29 is 9.53 Å². The van der Waals surface area contributed by atoms with Crippen LogP contribution in [0.1, 0.15) is 13.3 Å². The molecule has 1 rings (SSSR count). The SMILES string of the molecule is CC1OCCC1(NCCN=[N+]=[N-])C(N)=O. The van der Waals surface area contributed by atoms with Gasteiger partial charge < -0.3 is 15.8 Å². The van der Waals surface area contributed by atoms with Crippen LogP contribution in [-0.4, -0.2) is 37.2 Å². The molecular weight excluding hydrogens is 198 g/mol. The molecule has 0 saturated carbocycles. The van der Waals surface area contributed by atoms with E-state index in [1.165, 1.54) is 0 Å². The molecule has 0 spiro atoms. The van der Waals surface area contributed by atoms with Crippen LogP contribution < -0.4 is 11.1 Å². The first-order valence-corrected chi connectivity index (χ1v) is 4.81. The van der Waals surface area contributed by atoms with Crippen LogP contribution in [0.25, 0.3) is 10.4 Å². The molecule has 2 atom stereocenters. The molecule has 0 radical (unpaired) electrons. The Labute approximate surface area is 87.6 Å². The van der Waals surface area contributed by atoms with Crippen molar-refractivity contribution in [3.8, 4) is 0 Å². The second kappa shape index (κ2) is 4.97. The minimum atomic E-state index is -0.815. The van der Waals surface area contributed by atoms with E-state index in [-0.39, 0.29) is 12.6 Å². The van der Waals surface area contributed by atoms with Gasteiger partial charge in [0.25, 0.3) is 0 Å². The van der Waals surface area contributed by atoms with Gasteiger partial charge in [0.2, 0.25) is 5.91 Å². The van der Waals surface area contributed by atoms with Crippen LogP contribution in [0.5, 0.6) is 0 Å². The zero-order valence-corrected chi connectivity index (χ0v) is 8.64. The molecular formula is C8H15N5O2.